The number of rotatable bonds is 85. The van der Waals surface area contributed by atoms with Crippen molar-refractivity contribution in [2.75, 3.05) is 39.6 Å². The van der Waals surface area contributed by atoms with Crippen LogP contribution in [0.3, 0.4) is 0 Å². The standard InChI is InChI=1S/C93H164O16P2/c1-4-7-10-13-16-19-22-25-27-29-31-33-35-37-39-41-43-45-47-49-51-53-55-57-59-62-64-67-70-73-76-79-91(96)103-82-88(94)83-105-110(99,100)106-84-89(95)85-107-111(101,102)108-87-90(109-93(98)81-78-75-72-69-66-61-24-21-18-15-12-9-6-3)86-104-92(97)80-77-74-71-68-65-63-60-58-56-54-52-50-48-46-44-42-40-38-36-34-32-30-28-26-23-20-17-14-11-8-5-2/h7,10,16-17,19-21,24-28,31-34,37-40,88-90,94-95H,4-6,8-9,11-15,18,22-23,29-30,35-36,41-87H2,1-3H3,(H,99,100)(H,101,102)/b10-7-,19-16-,20-17-,24-21-,27-25-,28-26-,33-31-,34-32-,39-37-,40-38-. The lowest BCUT2D eigenvalue weighted by molar-refractivity contribution is -0.161. The maximum Gasteiger partial charge on any atom is 0.472 e. The molecule has 0 aromatic carbocycles. The number of carbonyl (C=O) groups excluding carboxylic acids is 3. The van der Waals surface area contributed by atoms with Gasteiger partial charge in [0.15, 0.2) is 6.10 Å². The van der Waals surface area contributed by atoms with Gasteiger partial charge >= 0.3 is 33.6 Å². The average molecular weight is 1600 g/mol. The van der Waals surface area contributed by atoms with E-state index in [0.717, 1.165) is 128 Å². The molecule has 0 spiro atoms. The van der Waals surface area contributed by atoms with E-state index in [1.165, 1.54) is 205 Å². The normalized spacial score (nSPS) is 14.4. The molecule has 0 bridgehead atoms. The molecule has 0 aliphatic carbocycles. The summed E-state index contributed by atoms with van der Waals surface area (Å²) in [5.41, 5.74) is 0. The molecule has 0 amide bonds. The maximum atomic E-state index is 13.0. The number of esters is 3. The number of allylic oxidation sites excluding steroid dienone is 20. The zero-order valence-corrected chi connectivity index (χ0v) is 72.4. The molecular formula is C93H164O16P2. The van der Waals surface area contributed by atoms with Gasteiger partial charge in [-0.05, 0) is 135 Å². The van der Waals surface area contributed by atoms with Crippen molar-refractivity contribution in [2.24, 2.45) is 0 Å². The zero-order chi connectivity index (χ0) is 80.8. The Hall–Kier alpha value is -4.05. The molecule has 0 rings (SSSR count). The van der Waals surface area contributed by atoms with Gasteiger partial charge in [-0.1, -0.05) is 361 Å². The molecule has 4 N–H and O–H groups in total. The van der Waals surface area contributed by atoms with E-state index < -0.39 is 91.5 Å². The van der Waals surface area contributed by atoms with Crippen LogP contribution in [0, 0.1) is 0 Å². The summed E-state index contributed by atoms with van der Waals surface area (Å²) in [5.74, 6) is -1.57. The highest BCUT2D eigenvalue weighted by Gasteiger charge is 2.29. The predicted octanol–water partition coefficient (Wildman–Crippen LogP) is 27.2. The Balaban J connectivity index is 4.42. The Morgan fingerprint density at radius 1 is 0.261 bits per heavy atom. The average Bonchev–Trinajstić information content (AvgIpc) is 0.928. The molecule has 0 saturated heterocycles. The summed E-state index contributed by atoms with van der Waals surface area (Å²) in [5, 5.41) is 20.7. The van der Waals surface area contributed by atoms with E-state index in [1.54, 1.807) is 0 Å². The van der Waals surface area contributed by atoms with Gasteiger partial charge in [-0.25, -0.2) is 9.13 Å². The summed E-state index contributed by atoms with van der Waals surface area (Å²) in [7, 11) is -9.79. The van der Waals surface area contributed by atoms with Crippen LogP contribution in [0.5, 0.6) is 0 Å². The minimum absolute atomic E-state index is 0.0958. The van der Waals surface area contributed by atoms with E-state index in [9.17, 15) is 43.5 Å². The number of unbranched alkanes of at least 4 members (excludes halogenated alkanes) is 42. The lowest BCUT2D eigenvalue weighted by atomic mass is 10.0. The number of aliphatic hydroxyl groups is 2. The van der Waals surface area contributed by atoms with Crippen molar-refractivity contribution < 1.29 is 75.8 Å². The van der Waals surface area contributed by atoms with Crippen LogP contribution in [-0.2, 0) is 55.8 Å². The minimum Gasteiger partial charge on any atom is -0.463 e. The second kappa shape index (κ2) is 85.3. The maximum absolute atomic E-state index is 13.0. The molecule has 16 nitrogen and oxygen atoms in total. The van der Waals surface area contributed by atoms with Crippen LogP contribution in [0.2, 0.25) is 0 Å². The molecule has 642 valence electrons. The third-order valence-corrected chi connectivity index (χ3v) is 21.0. The van der Waals surface area contributed by atoms with Crippen LogP contribution in [0.15, 0.2) is 122 Å². The highest BCUT2D eigenvalue weighted by molar-refractivity contribution is 7.47. The molecule has 0 heterocycles. The summed E-state index contributed by atoms with van der Waals surface area (Å²) in [4.78, 5) is 58.8. The molecule has 0 aromatic rings. The van der Waals surface area contributed by atoms with E-state index in [2.05, 4.69) is 142 Å². The molecule has 0 aliphatic heterocycles. The van der Waals surface area contributed by atoms with Gasteiger partial charge in [0.2, 0.25) is 0 Å². The van der Waals surface area contributed by atoms with Crippen molar-refractivity contribution >= 4 is 33.6 Å². The number of hydrogen-bond acceptors (Lipinski definition) is 14. The van der Waals surface area contributed by atoms with Gasteiger partial charge in [0.25, 0.3) is 0 Å². The Kier molecular flexibility index (Phi) is 82.2. The number of ether oxygens (including phenoxy) is 3. The van der Waals surface area contributed by atoms with Gasteiger partial charge in [0.1, 0.15) is 25.4 Å². The first kappa shape index (κ1) is 107. The van der Waals surface area contributed by atoms with Crippen molar-refractivity contribution in [1.82, 2.24) is 0 Å². The molecule has 111 heavy (non-hydrogen) atoms. The van der Waals surface area contributed by atoms with E-state index >= 15 is 0 Å². The zero-order valence-electron chi connectivity index (χ0n) is 70.6. The van der Waals surface area contributed by atoms with E-state index in [-0.39, 0.29) is 19.3 Å². The van der Waals surface area contributed by atoms with Crippen LogP contribution in [0.25, 0.3) is 0 Å². The molecule has 18 heteroatoms. The SMILES string of the molecule is CC/C=C\C/C=C\C/C=C\C/C=C\C/C=C\CCCCCCCCCCCCCCCCCC(=O)OCC(O)COP(=O)(O)OCC(O)COP(=O)(O)OCC(COC(=O)CCCCCCCCCCCCCCCCC/C=C\C/C=C\C/C=C\C/C=C\CCCCC)OC(=O)CCCCCCC/C=C\CCCCCC. The van der Waals surface area contributed by atoms with Gasteiger partial charge in [-0.2, -0.15) is 0 Å². The quantitative estimate of drug-likeness (QED) is 0.0146. The largest absolute Gasteiger partial charge is 0.472 e. The van der Waals surface area contributed by atoms with Crippen LogP contribution >= 0.6 is 15.6 Å². The van der Waals surface area contributed by atoms with E-state index in [0.29, 0.717) is 19.3 Å². The predicted molar refractivity (Wildman–Crippen MR) is 463 cm³/mol. The molecular weight excluding hydrogens is 1430 g/mol. The summed E-state index contributed by atoms with van der Waals surface area (Å²) < 4.78 is 61.3. The second-order valence-electron chi connectivity index (χ2n) is 30.0. The Bertz CT molecular complexity index is 2500. The lowest BCUT2D eigenvalue weighted by Crippen LogP contribution is -2.30. The minimum atomic E-state index is -4.93. The molecule has 0 radical (unpaired) electrons. The number of aliphatic hydroxyl groups excluding tert-OH is 2. The van der Waals surface area contributed by atoms with Crippen LogP contribution in [0.4, 0.5) is 0 Å². The Labute approximate surface area is 678 Å². The van der Waals surface area contributed by atoms with Gasteiger partial charge in [0, 0.05) is 19.3 Å². The number of carbonyl (C=O) groups is 3. The highest BCUT2D eigenvalue weighted by atomic mass is 31.2. The van der Waals surface area contributed by atoms with Gasteiger partial charge in [-0.15, -0.1) is 0 Å². The monoisotopic (exact) mass is 1600 g/mol. The van der Waals surface area contributed by atoms with Crippen molar-refractivity contribution in [3.63, 3.8) is 0 Å². The van der Waals surface area contributed by atoms with E-state index in [1.807, 2.05) is 0 Å². The van der Waals surface area contributed by atoms with Gasteiger partial charge in [-0.3, -0.25) is 32.5 Å². The van der Waals surface area contributed by atoms with Crippen molar-refractivity contribution in [1.29, 1.82) is 0 Å². The topological polar surface area (TPSA) is 231 Å². The Morgan fingerprint density at radius 3 is 0.784 bits per heavy atom. The summed E-state index contributed by atoms with van der Waals surface area (Å²) in [6.07, 6.45) is 104. The molecule has 5 unspecified atom stereocenters. The summed E-state index contributed by atoms with van der Waals surface area (Å²) in [6.45, 7) is 2.57. The Morgan fingerprint density at radius 2 is 0.477 bits per heavy atom. The fraction of sp³-hybridized carbons (Fsp3) is 0.753. The van der Waals surface area contributed by atoms with Crippen LogP contribution < -0.4 is 0 Å². The third kappa shape index (κ3) is 86.6. The lowest BCUT2D eigenvalue weighted by Gasteiger charge is -2.21. The molecule has 0 aliphatic rings. The summed E-state index contributed by atoms with van der Waals surface area (Å²) >= 11 is 0. The molecule has 0 saturated carbocycles. The number of phosphoric ester groups is 2. The molecule has 5 atom stereocenters. The first-order chi connectivity index (χ1) is 54.2. The first-order valence-electron chi connectivity index (χ1n) is 44.8. The number of hydrogen-bond donors (Lipinski definition) is 4. The van der Waals surface area contributed by atoms with E-state index in [4.69, 9.17) is 32.3 Å². The van der Waals surface area contributed by atoms with Gasteiger partial charge < -0.3 is 34.2 Å². The fourth-order valence-corrected chi connectivity index (χ4v) is 13.9. The van der Waals surface area contributed by atoms with Crippen LogP contribution in [0.1, 0.15) is 393 Å². The van der Waals surface area contributed by atoms with Crippen molar-refractivity contribution in [2.45, 2.75) is 411 Å². The third-order valence-electron chi connectivity index (χ3n) is 19.1. The second-order valence-corrected chi connectivity index (χ2v) is 32.9. The molecule has 0 fully saturated rings. The van der Waals surface area contributed by atoms with Crippen LogP contribution in [-0.4, -0.2) is 95.9 Å². The fourth-order valence-electron chi connectivity index (χ4n) is 12.3. The first-order valence-corrected chi connectivity index (χ1v) is 47.8. The molecule has 0 aromatic heterocycles. The summed E-state index contributed by atoms with van der Waals surface area (Å²) in [6, 6.07) is 0. The number of phosphoric acid groups is 2. The van der Waals surface area contributed by atoms with Crippen molar-refractivity contribution in [3.05, 3.63) is 122 Å². The van der Waals surface area contributed by atoms with Crippen molar-refractivity contribution in [3.8, 4) is 0 Å². The smallest absolute Gasteiger partial charge is 0.463 e. The highest BCUT2D eigenvalue weighted by Crippen LogP contribution is 2.45. The van der Waals surface area contributed by atoms with Gasteiger partial charge in [0.05, 0.1) is 26.4 Å².